The van der Waals surface area contributed by atoms with E-state index in [1.807, 2.05) is 26.1 Å². The number of rotatable bonds is 7. The Morgan fingerprint density at radius 1 is 1.24 bits per heavy atom. The maximum Gasteiger partial charge on any atom is 0.191 e. The highest BCUT2D eigenvalue weighted by atomic mass is 35.5. The number of hydrogen-bond donors (Lipinski definition) is 2. The third kappa shape index (κ3) is 5.52. The molecule has 1 aliphatic rings. The van der Waals surface area contributed by atoms with Gasteiger partial charge < -0.3 is 15.4 Å². The summed E-state index contributed by atoms with van der Waals surface area (Å²) in [6, 6.07) is 10.3. The van der Waals surface area contributed by atoms with Gasteiger partial charge in [0.05, 0.1) is 5.69 Å². The molecule has 0 atom stereocenters. The number of nitrogens with one attached hydrogen (secondary N) is 2. The summed E-state index contributed by atoms with van der Waals surface area (Å²) in [6.07, 6.45) is 2.86. The van der Waals surface area contributed by atoms with Gasteiger partial charge in [0.1, 0.15) is 0 Å². The molecule has 6 nitrogen and oxygen atoms in total. The van der Waals surface area contributed by atoms with Crippen molar-refractivity contribution in [2.24, 2.45) is 4.99 Å². The zero-order valence-corrected chi connectivity index (χ0v) is 18.4. The van der Waals surface area contributed by atoms with Crippen LogP contribution in [0.5, 0.6) is 0 Å². The van der Waals surface area contributed by atoms with Crippen molar-refractivity contribution < 1.29 is 4.74 Å². The lowest BCUT2D eigenvalue weighted by Crippen LogP contribution is -2.48. The van der Waals surface area contributed by atoms with Crippen LogP contribution < -0.4 is 10.6 Å². The third-order valence-electron chi connectivity index (χ3n) is 5.66. The fraction of sp³-hybridized carbons (Fsp3) is 0.545. The van der Waals surface area contributed by atoms with E-state index in [1.54, 1.807) is 0 Å². The zero-order chi connectivity index (χ0) is 20.7. The molecule has 2 N–H and O–H groups in total. The summed E-state index contributed by atoms with van der Waals surface area (Å²) < 4.78 is 7.68. The first-order chi connectivity index (χ1) is 14.0. The van der Waals surface area contributed by atoms with Gasteiger partial charge in [-0.05, 0) is 50.8 Å². The predicted molar refractivity (Wildman–Crippen MR) is 119 cm³/mol. The molecule has 0 saturated carbocycles. The van der Waals surface area contributed by atoms with Gasteiger partial charge in [-0.3, -0.25) is 9.67 Å². The quantitative estimate of drug-likeness (QED) is 0.411. The minimum Gasteiger partial charge on any atom is -0.381 e. The van der Waals surface area contributed by atoms with Crippen LogP contribution in [-0.4, -0.2) is 49.1 Å². The molecule has 1 saturated heterocycles. The molecule has 0 aliphatic carbocycles. The summed E-state index contributed by atoms with van der Waals surface area (Å²) >= 11 is 6.55. The monoisotopic (exact) mass is 417 g/mol. The van der Waals surface area contributed by atoms with Crippen LogP contribution in [0.25, 0.3) is 0 Å². The predicted octanol–water partition coefficient (Wildman–Crippen LogP) is 3.46. The van der Waals surface area contributed by atoms with Crippen molar-refractivity contribution in [2.45, 2.75) is 45.1 Å². The van der Waals surface area contributed by atoms with Gasteiger partial charge >= 0.3 is 0 Å². The van der Waals surface area contributed by atoms with Crippen LogP contribution in [0.1, 0.15) is 36.2 Å². The topological polar surface area (TPSA) is 63.5 Å². The van der Waals surface area contributed by atoms with Crippen molar-refractivity contribution in [3.8, 4) is 0 Å². The van der Waals surface area contributed by atoms with Crippen molar-refractivity contribution in [2.75, 3.05) is 33.4 Å². The van der Waals surface area contributed by atoms with E-state index in [0.717, 1.165) is 68.8 Å². The highest BCUT2D eigenvalue weighted by molar-refractivity contribution is 6.31. The number of aryl methyl sites for hydroxylation is 3. The summed E-state index contributed by atoms with van der Waals surface area (Å²) in [5.41, 5.74) is 3.41. The summed E-state index contributed by atoms with van der Waals surface area (Å²) in [5, 5.41) is 12.3. The van der Waals surface area contributed by atoms with Crippen LogP contribution in [-0.2, 0) is 16.7 Å². The summed E-state index contributed by atoms with van der Waals surface area (Å²) in [6.45, 7) is 8.12. The van der Waals surface area contributed by atoms with Crippen LogP contribution in [0.2, 0.25) is 5.02 Å². The van der Waals surface area contributed by atoms with Crippen LogP contribution in [0.15, 0.2) is 35.3 Å². The van der Waals surface area contributed by atoms with Gasteiger partial charge in [0.15, 0.2) is 5.96 Å². The van der Waals surface area contributed by atoms with Gasteiger partial charge in [0.25, 0.3) is 0 Å². The lowest BCUT2D eigenvalue weighted by Gasteiger charge is -2.38. The van der Waals surface area contributed by atoms with E-state index < -0.39 is 0 Å². The fourth-order valence-electron chi connectivity index (χ4n) is 4.01. The Hall–Kier alpha value is -2.05. The first kappa shape index (κ1) is 21.7. The molecule has 29 heavy (non-hydrogen) atoms. The second-order valence-electron chi connectivity index (χ2n) is 7.73. The van der Waals surface area contributed by atoms with Crippen LogP contribution >= 0.6 is 11.6 Å². The smallest absolute Gasteiger partial charge is 0.191 e. The van der Waals surface area contributed by atoms with E-state index in [-0.39, 0.29) is 5.41 Å². The number of aromatic nitrogens is 2. The molecule has 1 aliphatic heterocycles. The van der Waals surface area contributed by atoms with Crippen molar-refractivity contribution in [3.63, 3.8) is 0 Å². The Morgan fingerprint density at radius 2 is 2.00 bits per heavy atom. The van der Waals surface area contributed by atoms with E-state index >= 15 is 0 Å². The largest absolute Gasteiger partial charge is 0.381 e. The molecule has 158 valence electrons. The average Bonchev–Trinajstić information content (AvgIpc) is 3.05. The molecular formula is C22H32ClN5O. The Morgan fingerprint density at radius 3 is 2.66 bits per heavy atom. The standard InChI is InChI=1S/C22H32ClN5O/c1-17-15-18(2)28(27-17)12-6-11-25-21(24-3)26-16-22(9-13-29-14-10-22)19-7-4-5-8-20(19)23/h4-5,7-8,15H,6,9-14,16H2,1-3H3,(H2,24,25,26). The third-order valence-corrected chi connectivity index (χ3v) is 5.99. The first-order valence-corrected chi connectivity index (χ1v) is 10.7. The summed E-state index contributed by atoms with van der Waals surface area (Å²) in [4.78, 5) is 4.39. The van der Waals surface area contributed by atoms with Gasteiger partial charge in [-0.25, -0.2) is 0 Å². The first-order valence-electron chi connectivity index (χ1n) is 10.3. The number of guanidine groups is 1. The molecule has 0 amide bonds. The molecule has 1 fully saturated rings. The summed E-state index contributed by atoms with van der Waals surface area (Å²) in [5.74, 6) is 0.816. The fourth-order valence-corrected chi connectivity index (χ4v) is 4.34. The molecule has 0 radical (unpaired) electrons. The average molecular weight is 418 g/mol. The van der Waals surface area contributed by atoms with Crippen LogP contribution in [0.4, 0.5) is 0 Å². The maximum absolute atomic E-state index is 6.55. The van der Waals surface area contributed by atoms with E-state index in [1.165, 1.54) is 11.3 Å². The number of benzene rings is 1. The van der Waals surface area contributed by atoms with E-state index in [0.29, 0.717) is 0 Å². The minimum absolute atomic E-state index is 0.0437. The number of nitrogens with zero attached hydrogens (tertiary/aromatic N) is 3. The Bertz CT molecular complexity index is 826. The molecule has 2 aromatic rings. The van der Waals surface area contributed by atoms with E-state index in [9.17, 15) is 0 Å². The highest BCUT2D eigenvalue weighted by Gasteiger charge is 2.36. The lowest BCUT2D eigenvalue weighted by molar-refractivity contribution is 0.0514. The molecule has 1 aromatic heterocycles. The number of ether oxygens (including phenoxy) is 1. The van der Waals surface area contributed by atoms with Crippen molar-refractivity contribution in [1.29, 1.82) is 0 Å². The summed E-state index contributed by atoms with van der Waals surface area (Å²) in [7, 11) is 1.81. The van der Waals surface area contributed by atoms with Crippen molar-refractivity contribution >= 4 is 17.6 Å². The van der Waals surface area contributed by atoms with Gasteiger partial charge in [0, 0.05) is 56.0 Å². The van der Waals surface area contributed by atoms with Gasteiger partial charge in [0.2, 0.25) is 0 Å². The molecule has 0 unspecified atom stereocenters. The van der Waals surface area contributed by atoms with E-state index in [4.69, 9.17) is 16.3 Å². The van der Waals surface area contributed by atoms with Crippen LogP contribution in [0.3, 0.4) is 0 Å². The molecular weight excluding hydrogens is 386 g/mol. The van der Waals surface area contributed by atoms with E-state index in [2.05, 4.69) is 50.5 Å². The molecule has 3 rings (SSSR count). The number of aliphatic imine (C=N–C) groups is 1. The second-order valence-corrected chi connectivity index (χ2v) is 8.14. The van der Waals surface area contributed by atoms with Crippen LogP contribution in [0, 0.1) is 13.8 Å². The lowest BCUT2D eigenvalue weighted by atomic mass is 9.74. The Balaban J connectivity index is 1.55. The molecule has 2 heterocycles. The number of hydrogen-bond acceptors (Lipinski definition) is 3. The van der Waals surface area contributed by atoms with Gasteiger partial charge in [-0.2, -0.15) is 5.10 Å². The maximum atomic E-state index is 6.55. The number of halogens is 1. The molecule has 0 spiro atoms. The molecule has 0 bridgehead atoms. The van der Waals surface area contributed by atoms with Gasteiger partial charge in [-0.1, -0.05) is 29.8 Å². The molecule has 7 heteroatoms. The Kier molecular flexibility index (Phi) is 7.56. The molecule has 1 aromatic carbocycles. The highest BCUT2D eigenvalue weighted by Crippen LogP contribution is 2.38. The van der Waals surface area contributed by atoms with Gasteiger partial charge in [-0.15, -0.1) is 0 Å². The minimum atomic E-state index is -0.0437. The Labute approximate surface area is 178 Å². The SMILES string of the molecule is CN=C(NCCCn1nc(C)cc1C)NCC1(c2ccccc2Cl)CCOCC1. The zero-order valence-electron chi connectivity index (χ0n) is 17.7. The normalized spacial score (nSPS) is 16.6. The van der Waals surface area contributed by atoms with Crippen molar-refractivity contribution in [3.05, 3.63) is 52.3 Å². The van der Waals surface area contributed by atoms with Crippen molar-refractivity contribution in [1.82, 2.24) is 20.4 Å². The second kappa shape index (κ2) is 10.1.